The van der Waals surface area contributed by atoms with Gasteiger partial charge in [0.2, 0.25) is 0 Å². The molecule has 0 atom stereocenters. The summed E-state index contributed by atoms with van der Waals surface area (Å²) in [5.41, 5.74) is 2.23. The maximum absolute atomic E-state index is 11.8. The highest BCUT2D eigenvalue weighted by molar-refractivity contribution is 5.77. The van der Waals surface area contributed by atoms with E-state index in [4.69, 9.17) is 15.3 Å². The van der Waals surface area contributed by atoms with Gasteiger partial charge in [0, 0.05) is 13.6 Å². The molecule has 0 spiro atoms. The third-order valence-electron chi connectivity index (χ3n) is 2.91. The number of benzene rings is 1. The lowest BCUT2D eigenvalue weighted by atomic mass is 10.1. The number of rotatable bonds is 5. The molecule has 1 aromatic rings. The van der Waals surface area contributed by atoms with Gasteiger partial charge in [-0.25, -0.2) is 0 Å². The van der Waals surface area contributed by atoms with Crippen LogP contribution in [0, 0.1) is 36.5 Å². The molecule has 104 valence electrons. The van der Waals surface area contributed by atoms with Gasteiger partial charge in [0.1, 0.15) is 5.75 Å². The Kier molecular flexibility index (Phi) is 5.56. The number of nitriles is 2. The summed E-state index contributed by atoms with van der Waals surface area (Å²) in [6.45, 7) is 4.00. The summed E-state index contributed by atoms with van der Waals surface area (Å²) in [5, 5.41) is 17.4. The Bertz CT molecular complexity index is 559. The van der Waals surface area contributed by atoms with Crippen LogP contribution < -0.4 is 4.74 Å². The van der Waals surface area contributed by atoms with Gasteiger partial charge in [0.15, 0.2) is 6.61 Å². The lowest BCUT2D eigenvalue weighted by molar-refractivity contribution is -0.132. The third-order valence-corrected chi connectivity index (χ3v) is 2.91. The van der Waals surface area contributed by atoms with Crippen LogP contribution in [0.4, 0.5) is 0 Å². The monoisotopic (exact) mass is 271 g/mol. The summed E-state index contributed by atoms with van der Waals surface area (Å²) in [7, 11) is 1.64. The first kappa shape index (κ1) is 15.5. The van der Waals surface area contributed by atoms with Gasteiger partial charge in [-0.2, -0.15) is 10.5 Å². The lowest BCUT2D eigenvalue weighted by Gasteiger charge is -2.17. The van der Waals surface area contributed by atoms with E-state index >= 15 is 0 Å². The number of carbonyl (C=O) groups is 1. The van der Waals surface area contributed by atoms with E-state index in [-0.39, 0.29) is 12.5 Å². The number of aryl methyl sites for hydroxylation is 2. The first-order valence-corrected chi connectivity index (χ1v) is 6.24. The van der Waals surface area contributed by atoms with E-state index in [0.717, 1.165) is 11.1 Å². The summed E-state index contributed by atoms with van der Waals surface area (Å²) in [5.74, 6) is 0.453. The fourth-order valence-electron chi connectivity index (χ4n) is 1.83. The van der Waals surface area contributed by atoms with Crippen LogP contribution in [-0.2, 0) is 4.79 Å². The minimum absolute atomic E-state index is 0.0739. The third kappa shape index (κ3) is 4.00. The normalized spacial score (nSPS) is 9.45. The molecule has 0 saturated heterocycles. The second-order valence-corrected chi connectivity index (χ2v) is 4.56. The number of carbonyl (C=O) groups excluding carboxylic acids is 1. The number of likely N-dealkylation sites (N-methyl/N-ethyl adjacent to an activating group) is 1. The molecule has 1 amide bonds. The SMILES string of the molecule is Cc1cc(C#N)cc(C)c1OCC(=O)N(C)CCC#N. The molecule has 0 heterocycles. The van der Waals surface area contributed by atoms with Crippen LogP contribution in [0.25, 0.3) is 0 Å². The van der Waals surface area contributed by atoms with E-state index in [1.807, 2.05) is 19.9 Å². The van der Waals surface area contributed by atoms with E-state index in [1.165, 1.54) is 4.90 Å². The number of ether oxygens (including phenoxy) is 1. The molecule has 0 N–H and O–H groups in total. The quantitative estimate of drug-likeness (QED) is 0.819. The Balaban J connectivity index is 2.69. The Hall–Kier alpha value is -2.53. The fraction of sp³-hybridized carbons (Fsp3) is 0.400. The van der Waals surface area contributed by atoms with Gasteiger partial charge in [-0.05, 0) is 37.1 Å². The molecule has 0 radical (unpaired) electrons. The fourth-order valence-corrected chi connectivity index (χ4v) is 1.83. The molecule has 5 nitrogen and oxygen atoms in total. The highest BCUT2D eigenvalue weighted by Gasteiger charge is 2.12. The zero-order valence-corrected chi connectivity index (χ0v) is 11.9. The van der Waals surface area contributed by atoms with E-state index in [9.17, 15) is 4.79 Å². The molecule has 0 saturated carbocycles. The van der Waals surface area contributed by atoms with E-state index in [1.54, 1.807) is 19.2 Å². The number of hydrogen-bond acceptors (Lipinski definition) is 4. The first-order valence-electron chi connectivity index (χ1n) is 6.24. The topological polar surface area (TPSA) is 77.1 Å². The van der Waals surface area contributed by atoms with Crippen molar-refractivity contribution in [3.63, 3.8) is 0 Å². The van der Waals surface area contributed by atoms with Gasteiger partial charge in [-0.1, -0.05) is 0 Å². The number of amides is 1. The van der Waals surface area contributed by atoms with E-state index < -0.39 is 0 Å². The van der Waals surface area contributed by atoms with Gasteiger partial charge in [0.25, 0.3) is 5.91 Å². The van der Waals surface area contributed by atoms with Crippen LogP contribution in [0.3, 0.4) is 0 Å². The average molecular weight is 271 g/mol. The van der Waals surface area contributed by atoms with Gasteiger partial charge in [0.05, 0.1) is 24.1 Å². The predicted octanol–water partition coefficient (Wildman–Crippen LogP) is 1.93. The smallest absolute Gasteiger partial charge is 0.260 e. The van der Waals surface area contributed by atoms with Crippen molar-refractivity contribution in [1.29, 1.82) is 10.5 Å². The molecule has 0 fully saturated rings. The van der Waals surface area contributed by atoms with Crippen molar-refractivity contribution < 1.29 is 9.53 Å². The van der Waals surface area contributed by atoms with Gasteiger partial charge < -0.3 is 9.64 Å². The van der Waals surface area contributed by atoms with Crippen molar-refractivity contribution in [2.24, 2.45) is 0 Å². The molecule has 1 rings (SSSR count). The molecule has 0 bridgehead atoms. The van der Waals surface area contributed by atoms with Gasteiger partial charge in [-0.15, -0.1) is 0 Å². The number of nitrogens with zero attached hydrogens (tertiary/aromatic N) is 3. The van der Waals surface area contributed by atoms with Crippen LogP contribution in [0.1, 0.15) is 23.1 Å². The van der Waals surface area contributed by atoms with Crippen molar-refractivity contribution in [2.45, 2.75) is 20.3 Å². The summed E-state index contributed by atoms with van der Waals surface area (Å²) in [6.07, 6.45) is 0.303. The highest BCUT2D eigenvalue weighted by Crippen LogP contribution is 2.24. The minimum Gasteiger partial charge on any atom is -0.483 e. The molecule has 20 heavy (non-hydrogen) atoms. The molecule has 0 aliphatic carbocycles. The summed E-state index contributed by atoms with van der Waals surface area (Å²) < 4.78 is 5.55. The van der Waals surface area contributed by atoms with Crippen molar-refractivity contribution in [2.75, 3.05) is 20.2 Å². The molecular weight excluding hydrogens is 254 g/mol. The summed E-state index contributed by atoms with van der Waals surface area (Å²) in [4.78, 5) is 13.3. The van der Waals surface area contributed by atoms with Crippen LogP contribution >= 0.6 is 0 Å². The Labute approximate surface area is 119 Å². The highest BCUT2D eigenvalue weighted by atomic mass is 16.5. The largest absolute Gasteiger partial charge is 0.483 e. The van der Waals surface area contributed by atoms with Crippen LogP contribution in [0.15, 0.2) is 12.1 Å². The van der Waals surface area contributed by atoms with Gasteiger partial charge >= 0.3 is 0 Å². The predicted molar refractivity (Wildman–Crippen MR) is 74.0 cm³/mol. The number of hydrogen-bond donors (Lipinski definition) is 0. The molecular formula is C15H17N3O2. The molecule has 0 aliphatic heterocycles. The minimum atomic E-state index is -0.177. The Morgan fingerprint density at radius 2 is 1.90 bits per heavy atom. The van der Waals surface area contributed by atoms with E-state index in [0.29, 0.717) is 24.3 Å². The lowest BCUT2D eigenvalue weighted by Crippen LogP contribution is -2.32. The van der Waals surface area contributed by atoms with Crippen molar-refractivity contribution in [1.82, 2.24) is 4.90 Å². The second kappa shape index (κ2) is 7.16. The first-order chi connectivity index (χ1) is 9.49. The maximum Gasteiger partial charge on any atom is 0.260 e. The summed E-state index contributed by atoms with van der Waals surface area (Å²) in [6, 6.07) is 7.53. The molecule has 0 aliphatic rings. The standard InChI is InChI=1S/C15H17N3O2/c1-11-7-13(9-17)8-12(2)15(11)20-10-14(19)18(3)6-4-5-16/h7-8H,4,6,10H2,1-3H3. The Morgan fingerprint density at radius 1 is 1.30 bits per heavy atom. The van der Waals surface area contributed by atoms with Crippen molar-refractivity contribution in [3.8, 4) is 17.9 Å². The molecule has 5 heteroatoms. The van der Waals surface area contributed by atoms with Crippen LogP contribution in [0.2, 0.25) is 0 Å². The van der Waals surface area contributed by atoms with Gasteiger partial charge in [-0.3, -0.25) is 4.79 Å². The molecule has 1 aromatic carbocycles. The van der Waals surface area contributed by atoms with E-state index in [2.05, 4.69) is 6.07 Å². The van der Waals surface area contributed by atoms with Crippen molar-refractivity contribution in [3.05, 3.63) is 28.8 Å². The van der Waals surface area contributed by atoms with Crippen molar-refractivity contribution >= 4 is 5.91 Å². The zero-order chi connectivity index (χ0) is 15.1. The van der Waals surface area contributed by atoms with Crippen LogP contribution in [0.5, 0.6) is 5.75 Å². The zero-order valence-electron chi connectivity index (χ0n) is 11.9. The maximum atomic E-state index is 11.8. The molecule has 0 aromatic heterocycles. The Morgan fingerprint density at radius 3 is 2.40 bits per heavy atom. The van der Waals surface area contributed by atoms with Crippen LogP contribution in [-0.4, -0.2) is 31.0 Å². The second-order valence-electron chi connectivity index (χ2n) is 4.56. The summed E-state index contributed by atoms with van der Waals surface area (Å²) >= 11 is 0. The molecule has 0 unspecified atom stereocenters. The average Bonchev–Trinajstić information content (AvgIpc) is 2.43.